The molecule has 0 aromatic heterocycles. The minimum Gasteiger partial charge on any atom is -0.254 e. The maximum atomic E-state index is 4.88. The Hall–Kier alpha value is -3.13. The van der Waals surface area contributed by atoms with Crippen LogP contribution in [-0.4, -0.2) is 11.2 Å². The number of fused-ring (bicyclic) bond motifs is 3. The number of hydrazone groups is 1. The van der Waals surface area contributed by atoms with Crippen LogP contribution >= 0.6 is 0 Å². The van der Waals surface area contributed by atoms with E-state index < -0.39 is 0 Å². The largest absolute Gasteiger partial charge is 0.254 e. The lowest BCUT2D eigenvalue weighted by Gasteiger charge is -2.42. The van der Waals surface area contributed by atoms with E-state index in [0.29, 0.717) is 0 Å². The van der Waals surface area contributed by atoms with Crippen LogP contribution in [0.2, 0.25) is 0 Å². The SMILES string of the molecule is C[C@@]12c3ccccc3C=NN1C(c1ccccc1)=C[C@@H]2c1ccccc1. The molecule has 3 aromatic rings. The summed E-state index contributed by atoms with van der Waals surface area (Å²) in [6.07, 6.45) is 4.37. The zero-order chi connectivity index (χ0) is 17.6. The van der Waals surface area contributed by atoms with Crippen LogP contribution in [0, 0.1) is 0 Å². The molecule has 0 saturated carbocycles. The fourth-order valence-electron chi connectivity index (χ4n) is 4.34. The lowest BCUT2D eigenvalue weighted by Crippen LogP contribution is -2.42. The third-order valence-corrected chi connectivity index (χ3v) is 5.64. The van der Waals surface area contributed by atoms with E-state index in [2.05, 4.69) is 103 Å². The van der Waals surface area contributed by atoms with E-state index in [4.69, 9.17) is 5.10 Å². The summed E-state index contributed by atoms with van der Waals surface area (Å²) in [7, 11) is 0. The Bertz CT molecular complexity index is 1000. The van der Waals surface area contributed by atoms with Crippen LogP contribution in [-0.2, 0) is 5.54 Å². The molecule has 3 aromatic carbocycles. The van der Waals surface area contributed by atoms with Crippen LogP contribution < -0.4 is 0 Å². The second-order valence-corrected chi connectivity index (χ2v) is 7.10. The topological polar surface area (TPSA) is 15.6 Å². The molecule has 0 aliphatic carbocycles. The van der Waals surface area contributed by atoms with Crippen molar-refractivity contribution in [1.29, 1.82) is 0 Å². The third kappa shape index (κ3) is 2.08. The summed E-state index contributed by atoms with van der Waals surface area (Å²) in [5.41, 5.74) is 5.98. The molecule has 2 heterocycles. The normalized spacial score (nSPS) is 23.3. The number of hydrogen-bond donors (Lipinski definition) is 0. The van der Waals surface area contributed by atoms with E-state index in [1.165, 1.54) is 28.0 Å². The van der Waals surface area contributed by atoms with E-state index >= 15 is 0 Å². The first-order valence-electron chi connectivity index (χ1n) is 9.04. The van der Waals surface area contributed by atoms with Crippen molar-refractivity contribution in [1.82, 2.24) is 5.01 Å². The standard InChI is InChI=1S/C24H20N2/c1-24-21-15-9-8-14-20(21)17-25-26(24)23(19-12-6-3-7-13-19)16-22(24)18-10-4-2-5-11-18/h2-17,22H,1H3/t22-,24+/m1/s1. The van der Waals surface area contributed by atoms with Gasteiger partial charge in [-0.1, -0.05) is 84.9 Å². The van der Waals surface area contributed by atoms with Crippen molar-refractivity contribution >= 4 is 11.9 Å². The van der Waals surface area contributed by atoms with Gasteiger partial charge < -0.3 is 0 Å². The lowest BCUT2D eigenvalue weighted by molar-refractivity contribution is 0.183. The summed E-state index contributed by atoms with van der Waals surface area (Å²) in [6.45, 7) is 2.31. The molecule has 0 saturated heterocycles. The van der Waals surface area contributed by atoms with Gasteiger partial charge in [-0.3, -0.25) is 5.01 Å². The number of nitrogens with zero attached hydrogens (tertiary/aromatic N) is 2. The molecule has 0 amide bonds. The van der Waals surface area contributed by atoms with Crippen LogP contribution in [0.1, 0.15) is 35.1 Å². The van der Waals surface area contributed by atoms with Crippen molar-refractivity contribution in [3.8, 4) is 0 Å². The van der Waals surface area contributed by atoms with Gasteiger partial charge >= 0.3 is 0 Å². The van der Waals surface area contributed by atoms with E-state index in [9.17, 15) is 0 Å². The first kappa shape index (κ1) is 15.2. The molecule has 2 nitrogen and oxygen atoms in total. The van der Waals surface area contributed by atoms with E-state index in [1.807, 2.05) is 6.21 Å². The summed E-state index contributed by atoms with van der Waals surface area (Å²) in [5.74, 6) is 0.234. The van der Waals surface area contributed by atoms with Gasteiger partial charge in [-0.15, -0.1) is 0 Å². The zero-order valence-electron chi connectivity index (χ0n) is 14.7. The Balaban J connectivity index is 1.74. The molecule has 2 aliphatic heterocycles. The van der Waals surface area contributed by atoms with Crippen LogP contribution in [0.4, 0.5) is 0 Å². The zero-order valence-corrected chi connectivity index (χ0v) is 14.7. The molecule has 0 N–H and O–H groups in total. The van der Waals surface area contributed by atoms with Crippen LogP contribution in [0.25, 0.3) is 5.70 Å². The summed E-state index contributed by atoms with van der Waals surface area (Å²) >= 11 is 0. The van der Waals surface area contributed by atoms with E-state index in [0.717, 1.165) is 0 Å². The van der Waals surface area contributed by atoms with Crippen molar-refractivity contribution < 1.29 is 0 Å². The Kier molecular flexibility index (Phi) is 3.32. The highest BCUT2D eigenvalue weighted by Crippen LogP contribution is 2.54. The summed E-state index contributed by atoms with van der Waals surface area (Å²) in [6, 6.07) is 29.9. The van der Waals surface area contributed by atoms with Crippen LogP contribution in [0.3, 0.4) is 0 Å². The average Bonchev–Trinajstić information content (AvgIpc) is 3.03. The first-order chi connectivity index (χ1) is 12.8. The second kappa shape index (κ2) is 5.70. The van der Waals surface area contributed by atoms with Gasteiger partial charge in [0.25, 0.3) is 0 Å². The van der Waals surface area contributed by atoms with Gasteiger partial charge in [-0.05, 0) is 29.7 Å². The van der Waals surface area contributed by atoms with Crippen molar-refractivity contribution in [2.75, 3.05) is 0 Å². The second-order valence-electron chi connectivity index (χ2n) is 7.10. The minimum absolute atomic E-state index is 0.234. The molecule has 0 fully saturated rings. The van der Waals surface area contributed by atoms with Gasteiger partial charge in [0.1, 0.15) is 0 Å². The molecule has 2 heteroatoms. The highest BCUT2D eigenvalue weighted by Gasteiger charge is 2.49. The molecular weight excluding hydrogens is 316 g/mol. The van der Waals surface area contributed by atoms with Crippen molar-refractivity contribution in [2.24, 2.45) is 5.10 Å². The first-order valence-corrected chi connectivity index (χ1v) is 9.04. The molecule has 0 unspecified atom stereocenters. The quantitative estimate of drug-likeness (QED) is 0.612. The van der Waals surface area contributed by atoms with Gasteiger partial charge in [0.05, 0.1) is 17.5 Å². The van der Waals surface area contributed by atoms with E-state index in [-0.39, 0.29) is 11.5 Å². The van der Waals surface area contributed by atoms with Crippen molar-refractivity contribution in [3.63, 3.8) is 0 Å². The number of rotatable bonds is 2. The number of hydrogen-bond acceptors (Lipinski definition) is 2. The third-order valence-electron chi connectivity index (χ3n) is 5.64. The highest BCUT2D eigenvalue weighted by atomic mass is 15.5. The molecule has 126 valence electrons. The van der Waals surface area contributed by atoms with Crippen LogP contribution in [0.15, 0.2) is 96.1 Å². The van der Waals surface area contributed by atoms with Gasteiger partial charge in [0, 0.05) is 11.5 Å². The summed E-state index contributed by atoms with van der Waals surface area (Å²) < 4.78 is 0. The van der Waals surface area contributed by atoms with Gasteiger partial charge in [0.15, 0.2) is 0 Å². The lowest BCUT2D eigenvalue weighted by atomic mass is 9.75. The molecule has 26 heavy (non-hydrogen) atoms. The monoisotopic (exact) mass is 336 g/mol. The molecule has 0 bridgehead atoms. The predicted molar refractivity (Wildman–Crippen MR) is 107 cm³/mol. The smallest absolute Gasteiger partial charge is 0.0964 e. The summed E-state index contributed by atoms with van der Waals surface area (Å²) in [4.78, 5) is 0. The van der Waals surface area contributed by atoms with Crippen molar-refractivity contribution in [3.05, 3.63) is 113 Å². The molecule has 2 aliphatic rings. The fraction of sp³-hybridized carbons (Fsp3) is 0.125. The van der Waals surface area contributed by atoms with Crippen LogP contribution in [0.5, 0.6) is 0 Å². The predicted octanol–water partition coefficient (Wildman–Crippen LogP) is 5.39. The van der Waals surface area contributed by atoms with E-state index in [1.54, 1.807) is 0 Å². The van der Waals surface area contributed by atoms with Gasteiger partial charge in [-0.2, -0.15) is 5.10 Å². The Morgan fingerprint density at radius 2 is 1.46 bits per heavy atom. The Morgan fingerprint density at radius 3 is 2.23 bits per heavy atom. The Morgan fingerprint density at radius 1 is 0.808 bits per heavy atom. The molecule has 0 spiro atoms. The molecule has 2 atom stereocenters. The maximum Gasteiger partial charge on any atom is 0.0964 e. The fourth-order valence-corrected chi connectivity index (χ4v) is 4.34. The summed E-state index contributed by atoms with van der Waals surface area (Å²) in [5, 5.41) is 7.09. The van der Waals surface area contributed by atoms with Crippen molar-refractivity contribution in [2.45, 2.75) is 18.4 Å². The Labute approximate surface area is 154 Å². The average molecular weight is 336 g/mol. The molecular formula is C24H20N2. The van der Waals surface area contributed by atoms with Gasteiger partial charge in [-0.25, -0.2) is 0 Å². The minimum atomic E-state index is -0.238. The number of benzene rings is 3. The maximum absolute atomic E-state index is 4.88. The molecule has 0 radical (unpaired) electrons. The highest BCUT2D eigenvalue weighted by molar-refractivity contribution is 5.86. The molecule has 5 rings (SSSR count). The van der Waals surface area contributed by atoms with Gasteiger partial charge in [0.2, 0.25) is 0 Å².